The third-order valence-electron chi connectivity index (χ3n) is 4.71. The highest BCUT2D eigenvalue weighted by molar-refractivity contribution is 5.55. The van der Waals surface area contributed by atoms with Crippen LogP contribution in [0.2, 0.25) is 0 Å². The number of benzene rings is 1. The molecule has 1 unspecified atom stereocenters. The Morgan fingerprint density at radius 1 is 1.05 bits per heavy atom. The number of rotatable bonds is 2. The van der Waals surface area contributed by atoms with Crippen LogP contribution in [0.3, 0.4) is 0 Å². The molecule has 3 heterocycles. The molecule has 0 radical (unpaired) electrons. The summed E-state index contributed by atoms with van der Waals surface area (Å²) in [4.78, 5) is 0. The maximum absolute atomic E-state index is 4.42. The molecule has 0 amide bonds. The second-order valence-corrected chi connectivity index (χ2v) is 6.07. The van der Waals surface area contributed by atoms with Crippen LogP contribution in [0.15, 0.2) is 30.3 Å². The lowest BCUT2D eigenvalue weighted by molar-refractivity contribution is 0.297. The van der Waals surface area contributed by atoms with Crippen LogP contribution < -0.4 is 5.32 Å². The number of piperidine rings is 1. The smallest absolute Gasteiger partial charge is 0.164 e. The van der Waals surface area contributed by atoms with Crippen LogP contribution in [0, 0.1) is 6.92 Å². The molecular formula is C16H20N4. The van der Waals surface area contributed by atoms with Gasteiger partial charge in [-0.1, -0.05) is 30.3 Å². The molecule has 1 N–H and O–H groups in total. The van der Waals surface area contributed by atoms with E-state index in [0.717, 1.165) is 11.6 Å². The number of hydrogen-bond acceptors (Lipinski definition) is 3. The van der Waals surface area contributed by atoms with E-state index in [9.17, 15) is 0 Å². The Labute approximate surface area is 119 Å². The third kappa shape index (κ3) is 1.95. The second-order valence-electron chi connectivity index (χ2n) is 6.07. The van der Waals surface area contributed by atoms with Crippen molar-refractivity contribution in [2.75, 3.05) is 0 Å². The summed E-state index contributed by atoms with van der Waals surface area (Å²) in [5.74, 6) is 2.06. The van der Waals surface area contributed by atoms with Gasteiger partial charge in [0.05, 0.1) is 0 Å². The molecule has 4 nitrogen and oxygen atoms in total. The molecule has 4 rings (SSSR count). The summed E-state index contributed by atoms with van der Waals surface area (Å²) in [5, 5.41) is 12.5. The average molecular weight is 268 g/mol. The van der Waals surface area contributed by atoms with E-state index >= 15 is 0 Å². The molecule has 20 heavy (non-hydrogen) atoms. The lowest BCUT2D eigenvalue weighted by Gasteiger charge is -2.31. The predicted octanol–water partition coefficient (Wildman–Crippen LogP) is 2.71. The number of nitrogens with zero attached hydrogens (tertiary/aromatic N) is 3. The van der Waals surface area contributed by atoms with E-state index in [4.69, 9.17) is 0 Å². The van der Waals surface area contributed by atoms with E-state index in [1.807, 2.05) is 6.07 Å². The first kappa shape index (κ1) is 12.1. The number of aryl methyl sites for hydroxylation is 1. The number of fused-ring (bicyclic) bond motifs is 2. The van der Waals surface area contributed by atoms with Crippen molar-refractivity contribution in [1.29, 1.82) is 0 Å². The molecule has 2 aliphatic heterocycles. The zero-order valence-electron chi connectivity index (χ0n) is 11.8. The van der Waals surface area contributed by atoms with Crippen LogP contribution in [-0.2, 0) is 0 Å². The lowest BCUT2D eigenvalue weighted by Crippen LogP contribution is -2.39. The molecule has 104 valence electrons. The topological polar surface area (TPSA) is 42.7 Å². The Morgan fingerprint density at radius 3 is 2.45 bits per heavy atom. The van der Waals surface area contributed by atoms with Gasteiger partial charge in [-0.25, -0.2) is 0 Å². The van der Waals surface area contributed by atoms with Crippen molar-refractivity contribution in [3.8, 4) is 11.4 Å². The molecule has 0 spiro atoms. The first-order valence-electron chi connectivity index (χ1n) is 7.54. The number of hydrogen-bond donors (Lipinski definition) is 1. The minimum Gasteiger partial charge on any atom is -0.311 e. The molecule has 2 aromatic rings. The van der Waals surface area contributed by atoms with Crippen molar-refractivity contribution in [3.05, 3.63) is 36.2 Å². The van der Waals surface area contributed by atoms with Gasteiger partial charge < -0.3 is 9.88 Å². The predicted molar refractivity (Wildman–Crippen MR) is 78.4 cm³/mol. The first-order valence-corrected chi connectivity index (χ1v) is 7.54. The molecular weight excluding hydrogens is 248 g/mol. The highest BCUT2D eigenvalue weighted by Gasteiger charge is 2.35. The van der Waals surface area contributed by atoms with Crippen molar-refractivity contribution in [2.24, 2.45) is 0 Å². The summed E-state index contributed by atoms with van der Waals surface area (Å²) in [5.41, 5.74) is 1.17. The third-order valence-corrected chi connectivity index (χ3v) is 4.71. The van der Waals surface area contributed by atoms with Crippen molar-refractivity contribution < 1.29 is 0 Å². The van der Waals surface area contributed by atoms with Gasteiger partial charge in [0.1, 0.15) is 5.82 Å². The summed E-state index contributed by atoms with van der Waals surface area (Å²) >= 11 is 0. The zero-order valence-corrected chi connectivity index (χ0v) is 11.8. The van der Waals surface area contributed by atoms with E-state index in [-0.39, 0.29) is 0 Å². The summed E-state index contributed by atoms with van der Waals surface area (Å²) in [6, 6.07) is 12.3. The van der Waals surface area contributed by atoms with Gasteiger partial charge >= 0.3 is 0 Å². The van der Waals surface area contributed by atoms with Crippen molar-refractivity contribution >= 4 is 0 Å². The average Bonchev–Trinajstić information content (AvgIpc) is 3.02. The van der Waals surface area contributed by atoms with E-state index in [1.165, 1.54) is 31.2 Å². The van der Waals surface area contributed by atoms with E-state index in [2.05, 4.69) is 51.3 Å². The van der Waals surface area contributed by atoms with Crippen molar-refractivity contribution in [3.63, 3.8) is 0 Å². The molecule has 0 saturated carbocycles. The van der Waals surface area contributed by atoms with Gasteiger partial charge in [0.2, 0.25) is 0 Å². The number of nitrogens with one attached hydrogen (secondary N) is 1. The van der Waals surface area contributed by atoms with Gasteiger partial charge in [0, 0.05) is 23.7 Å². The lowest BCUT2D eigenvalue weighted by atomic mass is 9.99. The highest BCUT2D eigenvalue weighted by Crippen LogP contribution is 2.36. The minimum atomic E-state index is 0.541. The van der Waals surface area contributed by atoms with Crippen molar-refractivity contribution in [1.82, 2.24) is 20.1 Å². The van der Waals surface area contributed by atoms with E-state index in [0.29, 0.717) is 18.1 Å². The fourth-order valence-electron chi connectivity index (χ4n) is 3.83. The molecule has 1 aromatic carbocycles. The zero-order chi connectivity index (χ0) is 13.5. The SMILES string of the molecule is Cc1nnc(-c2ccccc2)n1C1C[C@H]2CC[C@@H](C1)N2. The normalized spacial score (nSPS) is 28.8. The molecule has 2 fully saturated rings. The van der Waals surface area contributed by atoms with Crippen LogP contribution in [0.1, 0.15) is 37.5 Å². The molecule has 2 bridgehead atoms. The Hall–Kier alpha value is -1.68. The Kier molecular flexibility index (Phi) is 2.84. The second kappa shape index (κ2) is 4.70. The Bertz CT molecular complexity index is 592. The monoisotopic (exact) mass is 268 g/mol. The molecule has 2 saturated heterocycles. The fraction of sp³-hybridized carbons (Fsp3) is 0.500. The van der Waals surface area contributed by atoms with Crippen molar-refractivity contribution in [2.45, 2.75) is 50.7 Å². The van der Waals surface area contributed by atoms with Crippen LogP contribution in [-0.4, -0.2) is 26.8 Å². The summed E-state index contributed by atoms with van der Waals surface area (Å²) in [6.07, 6.45) is 5.05. The van der Waals surface area contributed by atoms with Gasteiger partial charge in [0.25, 0.3) is 0 Å². The summed E-state index contributed by atoms with van der Waals surface area (Å²) in [6.45, 7) is 2.07. The standard InChI is InChI=1S/C16H20N4/c1-11-18-19-16(12-5-3-2-4-6-12)20(11)15-9-13-7-8-14(10-15)17-13/h2-6,13-15,17H,7-10H2,1H3/t13-,14+,15?. The quantitative estimate of drug-likeness (QED) is 0.910. The highest BCUT2D eigenvalue weighted by atomic mass is 15.3. The maximum Gasteiger partial charge on any atom is 0.164 e. The van der Waals surface area contributed by atoms with Gasteiger partial charge in [-0.3, -0.25) is 0 Å². The molecule has 4 heteroatoms. The van der Waals surface area contributed by atoms with Gasteiger partial charge in [-0.15, -0.1) is 10.2 Å². The van der Waals surface area contributed by atoms with Gasteiger partial charge in [0.15, 0.2) is 5.82 Å². The van der Waals surface area contributed by atoms with E-state index < -0.39 is 0 Å². The van der Waals surface area contributed by atoms with Crippen LogP contribution in [0.4, 0.5) is 0 Å². The molecule has 0 aliphatic carbocycles. The maximum atomic E-state index is 4.42. The van der Waals surface area contributed by atoms with Gasteiger partial charge in [-0.05, 0) is 32.6 Å². The molecule has 3 atom stereocenters. The summed E-state index contributed by atoms with van der Waals surface area (Å²) in [7, 11) is 0. The Balaban J connectivity index is 1.73. The molecule has 2 aliphatic rings. The largest absolute Gasteiger partial charge is 0.311 e. The first-order chi connectivity index (χ1) is 9.81. The van der Waals surface area contributed by atoms with Crippen LogP contribution >= 0.6 is 0 Å². The molecule has 1 aromatic heterocycles. The van der Waals surface area contributed by atoms with Gasteiger partial charge in [-0.2, -0.15) is 0 Å². The van der Waals surface area contributed by atoms with Crippen LogP contribution in [0.5, 0.6) is 0 Å². The summed E-state index contributed by atoms with van der Waals surface area (Å²) < 4.78 is 2.36. The fourth-order valence-corrected chi connectivity index (χ4v) is 3.83. The van der Waals surface area contributed by atoms with E-state index in [1.54, 1.807) is 0 Å². The minimum absolute atomic E-state index is 0.541. The number of aromatic nitrogens is 3. The van der Waals surface area contributed by atoms with Crippen LogP contribution in [0.25, 0.3) is 11.4 Å². The Morgan fingerprint density at radius 2 is 1.75 bits per heavy atom.